The number of alkyl halides is 1. The summed E-state index contributed by atoms with van der Waals surface area (Å²) in [5.41, 5.74) is 3.76. The monoisotopic (exact) mass is 460 g/mol. The molecular weight excluding hydrogens is 434 g/mol. The molecule has 2 heterocycles. The lowest BCUT2D eigenvalue weighted by Gasteiger charge is -2.43. The summed E-state index contributed by atoms with van der Waals surface area (Å²) in [6.07, 6.45) is -1.20. The molecule has 1 aromatic carbocycles. The largest absolute Gasteiger partial charge is 0.444 e. The van der Waals surface area contributed by atoms with Crippen molar-refractivity contribution in [2.75, 3.05) is 18.4 Å². The highest BCUT2D eigenvalue weighted by molar-refractivity contribution is 5.98. The van der Waals surface area contributed by atoms with E-state index in [0.717, 1.165) is 0 Å². The van der Waals surface area contributed by atoms with Gasteiger partial charge in [-0.2, -0.15) is 10.4 Å². The fraction of sp³-hybridized carbons (Fsp3) is 0.455. The SMILES string of the molecule is CC(C)(C)OC(=O)N1CC[C@@](CC#N)(n2cc(C(N)=O)c(Nc3ccc(F)cc3)n2)[C@H](F)C1. The van der Waals surface area contributed by atoms with Gasteiger partial charge >= 0.3 is 6.09 Å². The second-order valence-electron chi connectivity index (χ2n) is 8.91. The van der Waals surface area contributed by atoms with Crippen molar-refractivity contribution in [3.05, 3.63) is 41.8 Å². The molecule has 0 bridgehead atoms. The lowest BCUT2D eigenvalue weighted by molar-refractivity contribution is -0.0179. The first-order valence-electron chi connectivity index (χ1n) is 10.4. The molecule has 2 aromatic rings. The molecule has 1 fully saturated rings. The lowest BCUT2D eigenvalue weighted by atomic mass is 9.83. The number of amides is 2. The average Bonchev–Trinajstić information content (AvgIpc) is 3.14. The minimum absolute atomic E-state index is 0.0154. The lowest BCUT2D eigenvalue weighted by Crippen LogP contribution is -2.56. The van der Waals surface area contributed by atoms with Gasteiger partial charge in [0.25, 0.3) is 5.91 Å². The Morgan fingerprint density at radius 1 is 1.36 bits per heavy atom. The predicted octanol–water partition coefficient (Wildman–Crippen LogP) is 3.45. The number of benzene rings is 1. The molecule has 0 spiro atoms. The van der Waals surface area contributed by atoms with Crippen LogP contribution >= 0.6 is 0 Å². The van der Waals surface area contributed by atoms with Gasteiger partial charge in [0, 0.05) is 18.4 Å². The number of nitrogens with one attached hydrogen (secondary N) is 1. The van der Waals surface area contributed by atoms with Gasteiger partial charge in [-0.3, -0.25) is 9.48 Å². The number of anilines is 2. The standard InChI is InChI=1S/C22H26F2N6O3/c1-21(2,3)33-20(32)29-11-9-22(8-10-25,17(24)13-29)30-12-16(18(26)31)19(28-30)27-15-6-4-14(23)5-7-15/h4-7,12,17H,8-9,11,13H2,1-3H3,(H2,26,31)(H,27,28)/t17-,22-/m1/s1. The number of likely N-dealkylation sites (tertiary alicyclic amines) is 1. The third-order valence-electron chi connectivity index (χ3n) is 5.36. The van der Waals surface area contributed by atoms with Crippen molar-refractivity contribution >= 4 is 23.5 Å². The van der Waals surface area contributed by atoms with E-state index in [4.69, 9.17) is 10.5 Å². The Hall–Kier alpha value is -3.68. The van der Waals surface area contributed by atoms with Crippen molar-refractivity contribution in [2.45, 2.75) is 50.9 Å². The number of carbonyl (C=O) groups is 2. The predicted molar refractivity (Wildman–Crippen MR) is 116 cm³/mol. The Kier molecular flexibility index (Phi) is 6.58. The van der Waals surface area contributed by atoms with E-state index >= 15 is 4.39 Å². The van der Waals surface area contributed by atoms with Crippen LogP contribution in [-0.2, 0) is 10.3 Å². The summed E-state index contributed by atoms with van der Waals surface area (Å²) in [6, 6.07) is 7.33. The van der Waals surface area contributed by atoms with Crippen molar-refractivity contribution < 1.29 is 23.1 Å². The molecule has 1 aromatic heterocycles. The second kappa shape index (κ2) is 9.05. The fourth-order valence-electron chi connectivity index (χ4n) is 3.65. The highest BCUT2D eigenvalue weighted by Gasteiger charge is 2.48. The number of piperidine rings is 1. The van der Waals surface area contributed by atoms with Crippen LogP contribution in [0.2, 0.25) is 0 Å². The first-order chi connectivity index (χ1) is 15.4. The normalized spacial score (nSPS) is 20.7. The maximum absolute atomic E-state index is 15.6. The van der Waals surface area contributed by atoms with Crippen molar-refractivity contribution in [3.8, 4) is 6.07 Å². The highest BCUT2D eigenvalue weighted by Crippen LogP contribution is 2.37. The molecule has 11 heteroatoms. The summed E-state index contributed by atoms with van der Waals surface area (Å²) in [5.74, 6) is -1.20. The van der Waals surface area contributed by atoms with E-state index in [1.54, 1.807) is 20.8 Å². The van der Waals surface area contributed by atoms with Crippen LogP contribution in [-0.4, -0.2) is 51.5 Å². The summed E-state index contributed by atoms with van der Waals surface area (Å²) >= 11 is 0. The van der Waals surface area contributed by atoms with Gasteiger partial charge in [0.05, 0.1) is 19.0 Å². The highest BCUT2D eigenvalue weighted by atomic mass is 19.1. The van der Waals surface area contributed by atoms with Crippen LogP contribution in [0.1, 0.15) is 44.0 Å². The van der Waals surface area contributed by atoms with Crippen LogP contribution in [0, 0.1) is 17.1 Å². The Morgan fingerprint density at radius 3 is 2.58 bits per heavy atom. The Bertz CT molecular complexity index is 1070. The van der Waals surface area contributed by atoms with Crippen molar-refractivity contribution in [2.24, 2.45) is 5.73 Å². The van der Waals surface area contributed by atoms with Crippen LogP contribution in [0.15, 0.2) is 30.5 Å². The number of nitrogens with zero attached hydrogens (tertiary/aromatic N) is 4. The van der Waals surface area contributed by atoms with Crippen LogP contribution < -0.4 is 11.1 Å². The number of halogens is 2. The zero-order chi connectivity index (χ0) is 24.4. The molecule has 1 aliphatic rings. The van der Waals surface area contributed by atoms with E-state index in [-0.39, 0.29) is 37.3 Å². The summed E-state index contributed by atoms with van der Waals surface area (Å²) in [4.78, 5) is 25.7. The maximum Gasteiger partial charge on any atom is 0.410 e. The molecule has 0 saturated carbocycles. The van der Waals surface area contributed by atoms with Gasteiger partial charge in [0.15, 0.2) is 5.82 Å². The molecule has 1 aliphatic heterocycles. The van der Waals surface area contributed by atoms with Crippen LogP contribution in [0.25, 0.3) is 0 Å². The number of ether oxygens (including phenoxy) is 1. The van der Waals surface area contributed by atoms with Gasteiger partial charge in [0.2, 0.25) is 0 Å². The second-order valence-corrected chi connectivity index (χ2v) is 8.91. The molecule has 0 aliphatic carbocycles. The average molecular weight is 460 g/mol. The molecular formula is C22H26F2N6O3. The number of primary amides is 1. The number of hydrogen-bond donors (Lipinski definition) is 2. The first-order valence-corrected chi connectivity index (χ1v) is 10.4. The molecule has 2 amide bonds. The van der Waals surface area contributed by atoms with E-state index in [1.807, 2.05) is 6.07 Å². The van der Waals surface area contributed by atoms with Crippen molar-refractivity contribution in [3.63, 3.8) is 0 Å². The van der Waals surface area contributed by atoms with E-state index in [0.29, 0.717) is 5.69 Å². The minimum atomic E-state index is -1.67. The third kappa shape index (κ3) is 5.22. The molecule has 176 valence electrons. The van der Waals surface area contributed by atoms with Gasteiger partial charge < -0.3 is 20.7 Å². The zero-order valence-corrected chi connectivity index (χ0v) is 18.6. The number of carbonyl (C=O) groups excluding carboxylic acids is 2. The van der Waals surface area contributed by atoms with Gasteiger partial charge in [-0.25, -0.2) is 13.6 Å². The smallest absolute Gasteiger partial charge is 0.410 e. The molecule has 33 heavy (non-hydrogen) atoms. The van der Waals surface area contributed by atoms with Crippen LogP contribution in [0.3, 0.4) is 0 Å². The molecule has 3 N–H and O–H groups in total. The molecule has 9 nitrogen and oxygen atoms in total. The first kappa shape index (κ1) is 24.0. The number of nitriles is 1. The van der Waals surface area contributed by atoms with Gasteiger partial charge in [-0.15, -0.1) is 0 Å². The molecule has 0 unspecified atom stereocenters. The van der Waals surface area contributed by atoms with Crippen LogP contribution in [0.5, 0.6) is 0 Å². The number of rotatable bonds is 5. The molecule has 3 rings (SSSR count). The van der Waals surface area contributed by atoms with Crippen LogP contribution in [0.4, 0.5) is 25.1 Å². The summed E-state index contributed by atoms with van der Waals surface area (Å²) in [6.45, 7) is 4.97. The molecule has 0 radical (unpaired) electrons. The Morgan fingerprint density at radius 2 is 2.03 bits per heavy atom. The molecule has 1 saturated heterocycles. The summed E-state index contributed by atoms with van der Waals surface area (Å²) in [7, 11) is 0. The van der Waals surface area contributed by atoms with E-state index in [2.05, 4.69) is 10.4 Å². The van der Waals surface area contributed by atoms with E-state index < -0.39 is 35.1 Å². The van der Waals surface area contributed by atoms with Gasteiger partial charge in [-0.1, -0.05) is 0 Å². The molecule has 2 atom stereocenters. The Labute approximate surface area is 190 Å². The van der Waals surface area contributed by atoms with Gasteiger partial charge in [-0.05, 0) is 51.5 Å². The van der Waals surface area contributed by atoms with E-state index in [9.17, 15) is 19.2 Å². The maximum atomic E-state index is 15.6. The minimum Gasteiger partial charge on any atom is -0.444 e. The fourth-order valence-corrected chi connectivity index (χ4v) is 3.65. The quantitative estimate of drug-likeness (QED) is 0.704. The third-order valence-corrected chi connectivity index (χ3v) is 5.36. The summed E-state index contributed by atoms with van der Waals surface area (Å²) < 4.78 is 35.4. The van der Waals surface area contributed by atoms with Crippen molar-refractivity contribution in [1.29, 1.82) is 5.26 Å². The number of nitrogens with two attached hydrogens (primary N) is 1. The number of hydrogen-bond acceptors (Lipinski definition) is 6. The van der Waals surface area contributed by atoms with Crippen molar-refractivity contribution in [1.82, 2.24) is 14.7 Å². The van der Waals surface area contributed by atoms with E-state index in [1.165, 1.54) is 40.0 Å². The topological polar surface area (TPSA) is 126 Å². The van der Waals surface area contributed by atoms with Gasteiger partial charge in [0.1, 0.15) is 28.7 Å². The summed E-state index contributed by atoms with van der Waals surface area (Å²) in [5, 5.41) is 16.6. The zero-order valence-electron chi connectivity index (χ0n) is 18.6. The Balaban J connectivity index is 1.91. The number of aromatic nitrogens is 2.